The fraction of sp³-hybridized carbons (Fsp3) is 0.444. The third-order valence-electron chi connectivity index (χ3n) is 4.31. The minimum absolute atomic E-state index is 0.0568. The van der Waals surface area contributed by atoms with Gasteiger partial charge >= 0.3 is 11.9 Å². The minimum Gasteiger partial charge on any atom is -0.504 e. The summed E-state index contributed by atoms with van der Waals surface area (Å²) in [6.07, 6.45) is -2.61. The fourth-order valence-corrected chi connectivity index (χ4v) is 2.87. The summed E-state index contributed by atoms with van der Waals surface area (Å²) < 4.78 is 14.5. The third kappa shape index (κ3) is 4.76. The number of rotatable bonds is 5. The summed E-state index contributed by atoms with van der Waals surface area (Å²) in [5, 5.41) is 39.7. The zero-order valence-electron chi connectivity index (χ0n) is 14.9. The maximum absolute atomic E-state index is 12.0. The summed E-state index contributed by atoms with van der Waals surface area (Å²) in [6.45, 7) is 0. The summed E-state index contributed by atoms with van der Waals surface area (Å²) in [4.78, 5) is 23.7. The van der Waals surface area contributed by atoms with Gasteiger partial charge < -0.3 is 34.6 Å². The Hall–Kier alpha value is -2.62. The molecule has 0 saturated heterocycles. The van der Waals surface area contributed by atoms with Gasteiger partial charge in [0.05, 0.1) is 20.3 Å². The summed E-state index contributed by atoms with van der Waals surface area (Å²) >= 11 is 0. The van der Waals surface area contributed by atoms with E-state index in [-0.39, 0.29) is 11.5 Å². The molecule has 4 atom stereocenters. The maximum Gasteiger partial charge on any atom is 0.338 e. The number of esters is 2. The molecule has 0 heterocycles. The normalized spacial score (nSPS) is 28.0. The number of aromatic hydroxyl groups is 1. The molecular weight excluding hydrogens is 360 g/mol. The predicted molar refractivity (Wildman–Crippen MR) is 91.8 cm³/mol. The molecular formula is C18H22O9. The van der Waals surface area contributed by atoms with Gasteiger partial charge in [-0.05, 0) is 23.8 Å². The number of benzene rings is 1. The molecule has 4 N–H and O–H groups in total. The van der Waals surface area contributed by atoms with E-state index in [4.69, 9.17) is 9.47 Å². The van der Waals surface area contributed by atoms with Crippen molar-refractivity contribution in [3.8, 4) is 11.5 Å². The Bertz CT molecular complexity index is 730. The number of carbonyl (C=O) groups excluding carboxylic acids is 2. The molecule has 0 unspecified atom stereocenters. The molecule has 1 fully saturated rings. The first-order valence-corrected chi connectivity index (χ1v) is 8.13. The Kier molecular flexibility index (Phi) is 6.42. The zero-order chi connectivity index (χ0) is 20.2. The Morgan fingerprint density at radius 3 is 2.56 bits per heavy atom. The van der Waals surface area contributed by atoms with Gasteiger partial charge in [0.2, 0.25) is 0 Å². The highest BCUT2D eigenvalue weighted by Crippen LogP contribution is 2.32. The van der Waals surface area contributed by atoms with Gasteiger partial charge in [-0.2, -0.15) is 0 Å². The van der Waals surface area contributed by atoms with Gasteiger partial charge in [-0.1, -0.05) is 6.07 Å². The molecule has 1 saturated carbocycles. The number of hydrogen-bond acceptors (Lipinski definition) is 9. The second-order valence-electron chi connectivity index (χ2n) is 6.23. The highest BCUT2D eigenvalue weighted by atomic mass is 16.6. The summed E-state index contributed by atoms with van der Waals surface area (Å²) in [5.74, 6) is -1.67. The Morgan fingerprint density at radius 2 is 1.93 bits per heavy atom. The van der Waals surface area contributed by atoms with Crippen LogP contribution in [0.25, 0.3) is 6.08 Å². The minimum atomic E-state index is -2.06. The maximum atomic E-state index is 12.0. The average molecular weight is 382 g/mol. The van der Waals surface area contributed by atoms with Crippen LogP contribution in [0.15, 0.2) is 24.3 Å². The van der Waals surface area contributed by atoms with Crippen molar-refractivity contribution in [2.24, 2.45) is 0 Å². The summed E-state index contributed by atoms with van der Waals surface area (Å²) in [5.41, 5.74) is -1.52. The Labute approximate surface area is 155 Å². The SMILES string of the molecule is COC(=O)[C@@]1(O)C[C@@H](O)[C@H](O)[C@H](OC(=O)C=Cc2ccc(O)c(OC)c2)C1. The Balaban J connectivity index is 2.08. The van der Waals surface area contributed by atoms with E-state index < -0.39 is 48.7 Å². The van der Waals surface area contributed by atoms with E-state index in [2.05, 4.69) is 4.74 Å². The molecule has 9 heteroatoms. The molecule has 1 aromatic carbocycles. The lowest BCUT2D eigenvalue weighted by Gasteiger charge is -2.39. The predicted octanol–water partition coefficient (Wildman–Crippen LogP) is -0.255. The number of aliphatic hydroxyl groups excluding tert-OH is 2. The van der Waals surface area contributed by atoms with Gasteiger partial charge in [-0.3, -0.25) is 0 Å². The van der Waals surface area contributed by atoms with Crippen molar-refractivity contribution in [1.82, 2.24) is 0 Å². The fourth-order valence-electron chi connectivity index (χ4n) is 2.87. The van der Waals surface area contributed by atoms with Crippen molar-refractivity contribution >= 4 is 18.0 Å². The van der Waals surface area contributed by atoms with Crippen molar-refractivity contribution in [3.63, 3.8) is 0 Å². The zero-order valence-corrected chi connectivity index (χ0v) is 14.9. The number of aliphatic hydroxyl groups is 3. The standard InChI is InChI=1S/C18H22O9/c1-25-13-7-10(3-5-11(13)19)4-6-15(21)27-14-9-18(24,17(23)26-2)8-12(20)16(14)22/h3-7,12,14,16,19-20,22,24H,8-9H2,1-2H3/t12-,14-,16+,18-/m1/s1. The molecule has 0 bridgehead atoms. The third-order valence-corrected chi connectivity index (χ3v) is 4.31. The van der Waals surface area contributed by atoms with Crippen LogP contribution in [0.4, 0.5) is 0 Å². The monoisotopic (exact) mass is 382 g/mol. The van der Waals surface area contributed by atoms with Crippen LogP contribution < -0.4 is 4.74 Å². The van der Waals surface area contributed by atoms with Crippen LogP contribution in [0.3, 0.4) is 0 Å². The molecule has 1 aliphatic rings. The highest BCUT2D eigenvalue weighted by molar-refractivity contribution is 5.87. The van der Waals surface area contributed by atoms with E-state index >= 15 is 0 Å². The number of hydrogen-bond donors (Lipinski definition) is 4. The number of ether oxygens (including phenoxy) is 3. The first kappa shape index (κ1) is 20.7. The van der Waals surface area contributed by atoms with Crippen LogP contribution >= 0.6 is 0 Å². The number of carbonyl (C=O) groups is 2. The van der Waals surface area contributed by atoms with Crippen molar-refractivity contribution in [1.29, 1.82) is 0 Å². The molecule has 9 nitrogen and oxygen atoms in total. The van der Waals surface area contributed by atoms with E-state index in [1.54, 1.807) is 0 Å². The van der Waals surface area contributed by atoms with Crippen LogP contribution in [-0.4, -0.2) is 70.5 Å². The smallest absolute Gasteiger partial charge is 0.338 e. The summed E-state index contributed by atoms with van der Waals surface area (Å²) in [6, 6.07) is 4.42. The second-order valence-corrected chi connectivity index (χ2v) is 6.23. The molecule has 0 aromatic heterocycles. The van der Waals surface area contributed by atoms with Gasteiger partial charge in [-0.25, -0.2) is 9.59 Å². The van der Waals surface area contributed by atoms with Crippen molar-refractivity contribution < 1.29 is 44.2 Å². The van der Waals surface area contributed by atoms with Crippen molar-refractivity contribution in [2.45, 2.75) is 36.8 Å². The van der Waals surface area contributed by atoms with Gasteiger partial charge in [0.15, 0.2) is 17.1 Å². The van der Waals surface area contributed by atoms with Gasteiger partial charge in [0.1, 0.15) is 12.2 Å². The molecule has 1 aliphatic carbocycles. The lowest BCUT2D eigenvalue weighted by molar-refractivity contribution is -0.198. The summed E-state index contributed by atoms with van der Waals surface area (Å²) in [7, 11) is 2.46. The molecule has 2 rings (SSSR count). The van der Waals surface area contributed by atoms with E-state index in [9.17, 15) is 30.0 Å². The molecule has 27 heavy (non-hydrogen) atoms. The second kappa shape index (κ2) is 8.38. The molecule has 148 valence electrons. The van der Waals surface area contributed by atoms with Crippen molar-refractivity contribution in [2.75, 3.05) is 14.2 Å². The molecule has 1 aromatic rings. The number of phenolic OH excluding ortho intramolecular Hbond substituents is 1. The van der Waals surface area contributed by atoms with Crippen LogP contribution in [0.1, 0.15) is 18.4 Å². The van der Waals surface area contributed by atoms with E-state index in [0.717, 1.165) is 13.2 Å². The van der Waals surface area contributed by atoms with Crippen LogP contribution in [-0.2, 0) is 19.1 Å². The topological polar surface area (TPSA) is 143 Å². The molecule has 0 amide bonds. The van der Waals surface area contributed by atoms with Crippen molar-refractivity contribution in [3.05, 3.63) is 29.8 Å². The van der Waals surface area contributed by atoms with Crippen LogP contribution in [0.5, 0.6) is 11.5 Å². The number of methoxy groups -OCH3 is 2. The van der Waals surface area contributed by atoms with Gasteiger partial charge in [0.25, 0.3) is 0 Å². The highest BCUT2D eigenvalue weighted by Gasteiger charge is 2.50. The molecule has 0 spiro atoms. The lowest BCUT2D eigenvalue weighted by Crippen LogP contribution is -2.57. The Morgan fingerprint density at radius 1 is 1.22 bits per heavy atom. The average Bonchev–Trinajstić information content (AvgIpc) is 2.64. The van der Waals surface area contributed by atoms with Gasteiger partial charge in [0, 0.05) is 18.9 Å². The van der Waals surface area contributed by atoms with E-state index in [0.29, 0.717) is 5.56 Å². The van der Waals surface area contributed by atoms with E-state index in [1.165, 1.54) is 31.4 Å². The van der Waals surface area contributed by atoms with Gasteiger partial charge in [-0.15, -0.1) is 0 Å². The quantitative estimate of drug-likeness (QED) is 0.400. The lowest BCUT2D eigenvalue weighted by atomic mass is 9.79. The van der Waals surface area contributed by atoms with E-state index in [1.807, 2.05) is 0 Å². The van der Waals surface area contributed by atoms with Crippen LogP contribution in [0, 0.1) is 0 Å². The molecule has 0 aliphatic heterocycles. The first-order chi connectivity index (χ1) is 12.7. The van der Waals surface area contributed by atoms with Crippen LogP contribution in [0.2, 0.25) is 0 Å². The number of phenols is 1. The first-order valence-electron chi connectivity index (χ1n) is 8.13. The molecule has 0 radical (unpaired) electrons. The largest absolute Gasteiger partial charge is 0.504 e.